The van der Waals surface area contributed by atoms with Crippen molar-refractivity contribution in [2.45, 2.75) is 17.5 Å². The van der Waals surface area contributed by atoms with Crippen molar-refractivity contribution in [1.29, 1.82) is 0 Å². The second-order valence-electron chi connectivity index (χ2n) is 6.09. The number of halogens is 1. The third-order valence-corrected chi connectivity index (χ3v) is 6.61. The standard InChI is InChI=1S/C19H20ClN3O5S2/c1-26-7-6-23-13-5-4-10(20)8-12(13)22-19(23)29-9-11-14(17(24)27-2)16(21)30-15(11)18(25)28-3/h4-5,8H,6-7,9,21H2,1-3H3. The molecule has 0 saturated carbocycles. The van der Waals surface area contributed by atoms with Crippen LogP contribution in [0, 0.1) is 0 Å². The molecule has 3 aromatic rings. The van der Waals surface area contributed by atoms with Crippen LogP contribution in [0.1, 0.15) is 25.6 Å². The highest BCUT2D eigenvalue weighted by Gasteiger charge is 2.27. The molecule has 0 aliphatic carbocycles. The Bertz CT molecular complexity index is 1100. The predicted octanol–water partition coefficient (Wildman–Crippen LogP) is 3.85. The van der Waals surface area contributed by atoms with Gasteiger partial charge in [-0.25, -0.2) is 14.6 Å². The van der Waals surface area contributed by atoms with Gasteiger partial charge in [0, 0.05) is 30.0 Å². The lowest BCUT2D eigenvalue weighted by Gasteiger charge is -2.09. The Morgan fingerprint density at radius 2 is 1.97 bits per heavy atom. The Kier molecular flexibility index (Phi) is 7.24. The van der Waals surface area contributed by atoms with E-state index in [1.54, 1.807) is 19.2 Å². The van der Waals surface area contributed by atoms with Crippen LogP contribution in [0.25, 0.3) is 11.0 Å². The van der Waals surface area contributed by atoms with Crippen LogP contribution in [0.5, 0.6) is 0 Å². The first kappa shape index (κ1) is 22.4. The largest absolute Gasteiger partial charge is 0.465 e. The van der Waals surface area contributed by atoms with Crippen molar-refractivity contribution < 1.29 is 23.8 Å². The molecule has 3 rings (SSSR count). The van der Waals surface area contributed by atoms with Gasteiger partial charge < -0.3 is 24.5 Å². The van der Waals surface area contributed by atoms with Gasteiger partial charge in [-0.3, -0.25) is 0 Å². The Morgan fingerprint density at radius 1 is 1.23 bits per heavy atom. The minimum Gasteiger partial charge on any atom is -0.465 e. The number of nitrogen functional groups attached to an aromatic ring is 1. The topological polar surface area (TPSA) is 106 Å². The molecule has 0 fully saturated rings. The Labute approximate surface area is 186 Å². The summed E-state index contributed by atoms with van der Waals surface area (Å²) in [6, 6.07) is 5.48. The summed E-state index contributed by atoms with van der Waals surface area (Å²) < 4.78 is 16.9. The molecule has 0 amide bonds. The van der Waals surface area contributed by atoms with Crippen molar-refractivity contribution in [3.05, 3.63) is 39.2 Å². The van der Waals surface area contributed by atoms with Gasteiger partial charge in [-0.1, -0.05) is 23.4 Å². The maximum atomic E-state index is 12.3. The van der Waals surface area contributed by atoms with Crippen LogP contribution in [-0.2, 0) is 26.5 Å². The molecule has 0 bridgehead atoms. The van der Waals surface area contributed by atoms with Crippen LogP contribution < -0.4 is 5.73 Å². The molecule has 0 saturated heterocycles. The van der Waals surface area contributed by atoms with Gasteiger partial charge in [-0.05, 0) is 18.2 Å². The number of imidazole rings is 1. The van der Waals surface area contributed by atoms with Crippen molar-refractivity contribution in [1.82, 2.24) is 9.55 Å². The number of nitrogens with zero attached hydrogens (tertiary/aromatic N) is 2. The molecular formula is C19H20ClN3O5S2. The molecule has 2 N–H and O–H groups in total. The second kappa shape index (κ2) is 9.69. The minimum absolute atomic E-state index is 0.179. The first-order valence-corrected chi connectivity index (χ1v) is 10.9. The Hall–Kier alpha value is -2.27. The van der Waals surface area contributed by atoms with Crippen LogP contribution in [0.3, 0.4) is 0 Å². The van der Waals surface area contributed by atoms with Gasteiger partial charge >= 0.3 is 11.9 Å². The van der Waals surface area contributed by atoms with Crippen LogP contribution in [0.15, 0.2) is 23.4 Å². The molecule has 2 aromatic heterocycles. The van der Waals surface area contributed by atoms with Gasteiger partial charge in [0.25, 0.3) is 0 Å². The number of ether oxygens (including phenoxy) is 3. The summed E-state index contributed by atoms with van der Waals surface area (Å²) in [6.45, 7) is 1.07. The fraction of sp³-hybridized carbons (Fsp3) is 0.316. The number of carbonyl (C=O) groups is 2. The van der Waals surface area contributed by atoms with Gasteiger partial charge in [0.05, 0.1) is 37.4 Å². The monoisotopic (exact) mass is 469 g/mol. The number of hydrogen-bond donors (Lipinski definition) is 1. The quantitative estimate of drug-likeness (QED) is 0.391. The van der Waals surface area contributed by atoms with Gasteiger partial charge in [-0.15, -0.1) is 11.3 Å². The smallest absolute Gasteiger partial charge is 0.348 e. The molecule has 0 aliphatic heterocycles. The van der Waals surface area contributed by atoms with E-state index in [2.05, 4.69) is 4.98 Å². The molecule has 0 radical (unpaired) electrons. The maximum Gasteiger partial charge on any atom is 0.348 e. The summed E-state index contributed by atoms with van der Waals surface area (Å²) in [4.78, 5) is 29.4. The van der Waals surface area contributed by atoms with Gasteiger partial charge in [0.2, 0.25) is 0 Å². The third-order valence-electron chi connectivity index (χ3n) is 4.33. The van der Waals surface area contributed by atoms with Crippen molar-refractivity contribution in [2.75, 3.05) is 33.7 Å². The second-order valence-corrected chi connectivity index (χ2v) is 8.52. The van der Waals surface area contributed by atoms with Gasteiger partial charge in [0.1, 0.15) is 9.88 Å². The molecule has 8 nitrogen and oxygen atoms in total. The summed E-state index contributed by atoms with van der Waals surface area (Å²) in [5.41, 5.74) is 8.29. The minimum atomic E-state index is -0.603. The van der Waals surface area contributed by atoms with E-state index >= 15 is 0 Å². The number of benzene rings is 1. The lowest BCUT2D eigenvalue weighted by molar-refractivity contribution is 0.0601. The molecular weight excluding hydrogens is 450 g/mol. The molecule has 0 atom stereocenters. The molecule has 11 heteroatoms. The van der Waals surface area contributed by atoms with E-state index < -0.39 is 11.9 Å². The number of hydrogen-bond acceptors (Lipinski definition) is 9. The van der Waals surface area contributed by atoms with Crippen LogP contribution in [0.4, 0.5) is 5.00 Å². The number of nitrogens with two attached hydrogens (primary N) is 1. The molecule has 0 aliphatic rings. The highest BCUT2D eigenvalue weighted by molar-refractivity contribution is 7.98. The number of esters is 2. The average Bonchev–Trinajstić information content (AvgIpc) is 3.25. The number of thiophene rings is 1. The SMILES string of the molecule is COCCn1c(SCc2c(C(=O)OC)sc(N)c2C(=O)OC)nc2cc(Cl)ccc21. The van der Waals surface area contributed by atoms with Crippen LogP contribution >= 0.6 is 34.7 Å². The molecule has 1 aromatic carbocycles. The van der Waals surface area contributed by atoms with Gasteiger partial charge in [-0.2, -0.15) is 0 Å². The van der Waals surface area contributed by atoms with Crippen molar-refractivity contribution in [2.24, 2.45) is 0 Å². The van der Waals surface area contributed by atoms with Gasteiger partial charge in [0.15, 0.2) is 5.16 Å². The normalized spacial score (nSPS) is 11.1. The zero-order valence-electron chi connectivity index (χ0n) is 16.6. The van der Waals surface area contributed by atoms with E-state index in [0.29, 0.717) is 28.9 Å². The fourth-order valence-electron chi connectivity index (χ4n) is 2.93. The van der Waals surface area contributed by atoms with Crippen molar-refractivity contribution in [3.8, 4) is 0 Å². The third kappa shape index (κ3) is 4.41. The summed E-state index contributed by atoms with van der Waals surface area (Å²) in [5, 5.41) is 1.49. The summed E-state index contributed by atoms with van der Waals surface area (Å²) >= 11 is 8.48. The highest BCUT2D eigenvalue weighted by atomic mass is 35.5. The molecule has 160 valence electrons. The highest BCUT2D eigenvalue weighted by Crippen LogP contribution is 2.37. The van der Waals surface area contributed by atoms with E-state index in [1.807, 2.05) is 10.6 Å². The molecule has 30 heavy (non-hydrogen) atoms. The van der Waals surface area contributed by atoms with E-state index in [9.17, 15) is 9.59 Å². The van der Waals surface area contributed by atoms with E-state index in [-0.39, 0.29) is 21.2 Å². The van der Waals surface area contributed by atoms with Crippen molar-refractivity contribution in [3.63, 3.8) is 0 Å². The van der Waals surface area contributed by atoms with E-state index in [4.69, 9.17) is 31.5 Å². The average molecular weight is 470 g/mol. The number of aromatic nitrogens is 2. The lowest BCUT2D eigenvalue weighted by Crippen LogP contribution is -2.09. The van der Waals surface area contributed by atoms with Crippen LogP contribution in [0.2, 0.25) is 5.02 Å². The first-order chi connectivity index (χ1) is 14.4. The summed E-state index contributed by atoms with van der Waals surface area (Å²) in [5.74, 6) is -0.890. The molecule has 0 unspecified atom stereocenters. The number of thioether (sulfide) groups is 1. The molecule has 0 spiro atoms. The molecule has 2 heterocycles. The summed E-state index contributed by atoms with van der Waals surface area (Å²) in [6.07, 6.45) is 0. The Balaban J connectivity index is 2.01. The number of methoxy groups -OCH3 is 3. The maximum absolute atomic E-state index is 12.3. The summed E-state index contributed by atoms with van der Waals surface area (Å²) in [7, 11) is 4.17. The number of anilines is 1. The predicted molar refractivity (Wildman–Crippen MR) is 118 cm³/mol. The van der Waals surface area contributed by atoms with E-state index in [1.165, 1.54) is 26.0 Å². The zero-order valence-corrected chi connectivity index (χ0v) is 18.9. The first-order valence-electron chi connectivity index (χ1n) is 8.76. The van der Waals surface area contributed by atoms with Crippen LogP contribution in [-0.4, -0.2) is 49.4 Å². The Morgan fingerprint density at radius 3 is 2.63 bits per heavy atom. The van der Waals surface area contributed by atoms with E-state index in [0.717, 1.165) is 22.4 Å². The number of fused-ring (bicyclic) bond motifs is 1. The number of carbonyl (C=O) groups excluding carboxylic acids is 2. The zero-order chi connectivity index (χ0) is 21.8. The number of rotatable bonds is 8. The lowest BCUT2D eigenvalue weighted by atomic mass is 10.1. The van der Waals surface area contributed by atoms with Crippen molar-refractivity contribution >= 4 is 62.7 Å². The fourth-order valence-corrected chi connectivity index (χ4v) is 5.25.